The van der Waals surface area contributed by atoms with E-state index in [4.69, 9.17) is 14.6 Å². The fourth-order valence-electron chi connectivity index (χ4n) is 1.87. The zero-order valence-electron chi connectivity index (χ0n) is 11.7. The third-order valence-electron chi connectivity index (χ3n) is 2.80. The molecule has 0 saturated heterocycles. The lowest BCUT2D eigenvalue weighted by Gasteiger charge is -2.13. The Labute approximate surface area is 118 Å². The van der Waals surface area contributed by atoms with Crippen molar-refractivity contribution >= 4 is 15.8 Å². The van der Waals surface area contributed by atoms with Crippen LogP contribution in [0.4, 0.5) is 0 Å². The number of rotatable bonds is 7. The van der Waals surface area contributed by atoms with E-state index >= 15 is 0 Å². The van der Waals surface area contributed by atoms with Crippen LogP contribution >= 0.6 is 0 Å². The first-order chi connectivity index (χ1) is 9.29. The Kier molecular flexibility index (Phi) is 5.38. The topological polar surface area (TPSA) is 89.9 Å². The molecule has 112 valence electrons. The van der Waals surface area contributed by atoms with Crippen molar-refractivity contribution in [3.8, 4) is 11.5 Å². The van der Waals surface area contributed by atoms with Gasteiger partial charge in [0.15, 0.2) is 21.3 Å². The maximum atomic E-state index is 11.8. The molecule has 1 N–H and O–H groups in total. The van der Waals surface area contributed by atoms with E-state index in [0.29, 0.717) is 29.9 Å². The van der Waals surface area contributed by atoms with Gasteiger partial charge in [0, 0.05) is 18.7 Å². The molecule has 0 unspecified atom stereocenters. The van der Waals surface area contributed by atoms with Gasteiger partial charge in [-0.15, -0.1) is 0 Å². The van der Waals surface area contributed by atoms with E-state index in [9.17, 15) is 13.2 Å². The number of hydrogen-bond acceptors (Lipinski definition) is 5. The van der Waals surface area contributed by atoms with E-state index in [1.165, 1.54) is 20.3 Å². The number of hydrogen-bond donors (Lipinski definition) is 1. The van der Waals surface area contributed by atoms with Crippen LogP contribution in [0.2, 0.25) is 0 Å². The third-order valence-corrected chi connectivity index (χ3v) is 3.98. The highest BCUT2D eigenvalue weighted by atomic mass is 32.2. The number of aryl methyl sites for hydroxylation is 1. The second-order valence-corrected chi connectivity index (χ2v) is 6.32. The van der Waals surface area contributed by atoms with Crippen molar-refractivity contribution < 1.29 is 27.8 Å². The summed E-state index contributed by atoms with van der Waals surface area (Å²) >= 11 is 0. The molecule has 0 aliphatic heterocycles. The van der Waals surface area contributed by atoms with Crippen molar-refractivity contribution in [2.24, 2.45) is 0 Å². The fraction of sp³-hybridized carbons (Fsp3) is 0.462. The molecule has 0 saturated carbocycles. The summed E-state index contributed by atoms with van der Waals surface area (Å²) < 4.78 is 33.8. The number of benzene rings is 1. The zero-order valence-corrected chi connectivity index (χ0v) is 12.5. The minimum Gasteiger partial charge on any atom is -0.493 e. The first kappa shape index (κ1) is 16.3. The van der Waals surface area contributed by atoms with E-state index in [-0.39, 0.29) is 11.3 Å². The van der Waals surface area contributed by atoms with Gasteiger partial charge < -0.3 is 14.6 Å². The second-order valence-electron chi connectivity index (χ2n) is 4.33. The number of carboxylic acids is 1. The van der Waals surface area contributed by atoms with E-state index in [1.54, 1.807) is 6.07 Å². The quantitative estimate of drug-likeness (QED) is 0.821. The van der Waals surface area contributed by atoms with Crippen LogP contribution in [0.5, 0.6) is 11.5 Å². The van der Waals surface area contributed by atoms with Gasteiger partial charge in [0.25, 0.3) is 0 Å². The first-order valence-corrected chi connectivity index (χ1v) is 7.85. The normalized spacial score (nSPS) is 11.2. The molecule has 0 atom stereocenters. The number of carbonyl (C=O) groups is 1. The summed E-state index contributed by atoms with van der Waals surface area (Å²) in [5.74, 6) is -0.161. The number of sulfone groups is 1. The van der Waals surface area contributed by atoms with Gasteiger partial charge in [-0.3, -0.25) is 4.79 Å². The molecule has 0 bridgehead atoms. The summed E-state index contributed by atoms with van der Waals surface area (Å²) in [5, 5.41) is 8.64. The van der Waals surface area contributed by atoms with E-state index in [2.05, 4.69) is 0 Å². The molecule has 6 nitrogen and oxygen atoms in total. The molecule has 0 aliphatic carbocycles. The molecule has 0 heterocycles. The lowest BCUT2D eigenvalue weighted by molar-refractivity contribution is -0.137. The van der Waals surface area contributed by atoms with E-state index in [1.807, 2.05) is 0 Å². The van der Waals surface area contributed by atoms with Crippen LogP contribution in [0.3, 0.4) is 0 Å². The molecule has 7 heteroatoms. The summed E-state index contributed by atoms with van der Waals surface area (Å²) in [6.07, 6.45) is 1.79. The highest BCUT2D eigenvalue weighted by Gasteiger charge is 2.18. The van der Waals surface area contributed by atoms with E-state index in [0.717, 1.165) is 6.26 Å². The van der Waals surface area contributed by atoms with Crippen molar-refractivity contribution in [2.75, 3.05) is 20.5 Å². The molecule has 0 amide bonds. The van der Waals surface area contributed by atoms with Crippen molar-refractivity contribution in [3.63, 3.8) is 0 Å². The van der Waals surface area contributed by atoms with Crippen molar-refractivity contribution in [3.05, 3.63) is 17.7 Å². The number of methoxy groups -OCH3 is 2. The minimum atomic E-state index is -3.42. The molecule has 0 radical (unpaired) electrons. The number of ether oxygens (including phenoxy) is 2. The lowest BCUT2D eigenvalue weighted by atomic mass is 10.1. The minimum absolute atomic E-state index is 0.0163. The average molecular weight is 302 g/mol. The summed E-state index contributed by atoms with van der Waals surface area (Å²) in [6, 6.07) is 2.99. The Balaban J connectivity index is 3.21. The monoisotopic (exact) mass is 302 g/mol. The van der Waals surface area contributed by atoms with Gasteiger partial charge in [-0.2, -0.15) is 0 Å². The van der Waals surface area contributed by atoms with Gasteiger partial charge in [-0.05, 0) is 24.5 Å². The largest absolute Gasteiger partial charge is 0.493 e. The predicted molar refractivity (Wildman–Crippen MR) is 73.2 cm³/mol. The van der Waals surface area contributed by atoms with E-state index < -0.39 is 15.8 Å². The summed E-state index contributed by atoms with van der Waals surface area (Å²) in [4.78, 5) is 10.7. The van der Waals surface area contributed by atoms with Gasteiger partial charge in [-0.25, -0.2) is 8.42 Å². The lowest BCUT2D eigenvalue weighted by Crippen LogP contribution is -2.05. The molecule has 0 fully saturated rings. The molecular weight excluding hydrogens is 284 g/mol. The van der Waals surface area contributed by atoms with Crippen LogP contribution in [0.1, 0.15) is 18.4 Å². The first-order valence-electron chi connectivity index (χ1n) is 5.96. The molecule has 1 rings (SSSR count). The molecule has 0 aromatic heterocycles. The van der Waals surface area contributed by atoms with Crippen molar-refractivity contribution in [1.82, 2.24) is 0 Å². The Morgan fingerprint density at radius 2 is 1.75 bits per heavy atom. The second kappa shape index (κ2) is 6.60. The Bertz CT molecular complexity index is 591. The third kappa shape index (κ3) is 4.12. The van der Waals surface area contributed by atoms with Crippen LogP contribution in [-0.4, -0.2) is 40.0 Å². The molecular formula is C13H18O6S. The summed E-state index contributed by atoms with van der Waals surface area (Å²) in [5.41, 5.74) is 0.534. The molecule has 1 aromatic carbocycles. The van der Waals surface area contributed by atoms with Gasteiger partial charge in [0.2, 0.25) is 0 Å². The standard InChI is InChI=1S/C13H18O6S/c1-18-10-7-9(5-4-6-13(14)15)12(20(3,16)17)8-11(10)19-2/h7-8H,4-6H2,1-3H3,(H,14,15). The van der Waals surface area contributed by atoms with Gasteiger partial charge in [0.05, 0.1) is 19.1 Å². The van der Waals surface area contributed by atoms with Gasteiger partial charge >= 0.3 is 5.97 Å². The Hall–Kier alpha value is -1.76. The predicted octanol–water partition coefficient (Wildman–Crippen LogP) is 1.51. The average Bonchev–Trinajstić information content (AvgIpc) is 2.36. The van der Waals surface area contributed by atoms with Crippen LogP contribution in [0.15, 0.2) is 17.0 Å². The molecule has 0 aliphatic rings. The Morgan fingerprint density at radius 3 is 2.20 bits per heavy atom. The summed E-state index contributed by atoms with van der Waals surface area (Å²) in [7, 11) is -0.543. The van der Waals surface area contributed by atoms with Gasteiger partial charge in [0.1, 0.15) is 0 Å². The van der Waals surface area contributed by atoms with Crippen LogP contribution in [-0.2, 0) is 21.1 Å². The Morgan fingerprint density at radius 1 is 1.20 bits per heavy atom. The van der Waals surface area contributed by atoms with Crippen LogP contribution < -0.4 is 9.47 Å². The smallest absolute Gasteiger partial charge is 0.303 e. The number of aliphatic carboxylic acids is 1. The maximum absolute atomic E-state index is 11.8. The highest BCUT2D eigenvalue weighted by molar-refractivity contribution is 7.90. The summed E-state index contributed by atoms with van der Waals surface area (Å²) in [6.45, 7) is 0. The highest BCUT2D eigenvalue weighted by Crippen LogP contribution is 2.33. The zero-order chi connectivity index (χ0) is 15.3. The van der Waals surface area contributed by atoms with Crippen molar-refractivity contribution in [2.45, 2.75) is 24.2 Å². The van der Waals surface area contributed by atoms with Crippen LogP contribution in [0.25, 0.3) is 0 Å². The van der Waals surface area contributed by atoms with Crippen molar-refractivity contribution in [1.29, 1.82) is 0 Å². The molecule has 0 spiro atoms. The van der Waals surface area contributed by atoms with Crippen LogP contribution in [0, 0.1) is 0 Å². The SMILES string of the molecule is COc1cc(CCCC(=O)O)c(S(C)(=O)=O)cc1OC. The maximum Gasteiger partial charge on any atom is 0.303 e. The molecule has 20 heavy (non-hydrogen) atoms. The fourth-order valence-corrected chi connectivity index (χ4v) is 2.83. The number of carboxylic acid groups (broad SMARTS) is 1. The van der Waals surface area contributed by atoms with Gasteiger partial charge in [-0.1, -0.05) is 0 Å². The molecule has 1 aromatic rings.